The van der Waals surface area contributed by atoms with Crippen LogP contribution in [0.1, 0.15) is 44.2 Å². The van der Waals surface area contributed by atoms with Crippen molar-refractivity contribution in [2.45, 2.75) is 61.5 Å². The first kappa shape index (κ1) is 25.2. The molecule has 0 aliphatic heterocycles. The molecule has 2 fully saturated rings. The first-order valence-corrected chi connectivity index (χ1v) is 14.1. The van der Waals surface area contributed by atoms with Crippen LogP contribution in [0.25, 0.3) is 11.7 Å². The van der Waals surface area contributed by atoms with Gasteiger partial charge in [-0.25, -0.2) is 27.3 Å². The number of aromatic nitrogens is 6. The van der Waals surface area contributed by atoms with Crippen LogP contribution >= 0.6 is 0 Å². The Morgan fingerprint density at radius 2 is 1.82 bits per heavy atom. The van der Waals surface area contributed by atoms with Crippen molar-refractivity contribution >= 4 is 27.7 Å². The van der Waals surface area contributed by atoms with E-state index in [2.05, 4.69) is 40.1 Å². The average Bonchev–Trinajstić information content (AvgIpc) is 3.53. The van der Waals surface area contributed by atoms with Gasteiger partial charge in [-0.05, 0) is 56.7 Å². The second kappa shape index (κ2) is 9.89. The van der Waals surface area contributed by atoms with Crippen LogP contribution in [0.15, 0.2) is 45.1 Å². The Bertz CT molecular complexity index is 1820. The topological polar surface area (TPSA) is 183 Å². The number of fused-ring (bicyclic) bond motifs is 1. The third-order valence-corrected chi connectivity index (χ3v) is 8.32. The molecule has 5 N–H and O–H groups in total. The average molecular weight is 556 g/mol. The number of hydrogen-bond donors (Lipinski definition) is 5. The Balaban J connectivity index is 1.22. The summed E-state index contributed by atoms with van der Waals surface area (Å²) in [5, 5.41) is 18.2. The number of nitrogens with one attached hydrogen (secondary N) is 4. The molecule has 4 aromatic rings. The molecular weight excluding hydrogens is 529 g/mol. The number of rotatable bonds is 7. The molecule has 2 aliphatic carbocycles. The van der Waals surface area contributed by atoms with E-state index in [0.717, 1.165) is 18.9 Å². The molecule has 1 aromatic carbocycles. The summed E-state index contributed by atoms with van der Waals surface area (Å²) in [6.07, 6.45) is 7.45. The SMILES string of the molecule is O=c1[nH]c(O)c(/C=c2/cnn3c(=NC4CC4)nc(NC4CCC(NS(=O)(=O)c5ccccc5F)CC4)nc23)[nH]1. The van der Waals surface area contributed by atoms with Crippen molar-refractivity contribution in [2.75, 3.05) is 5.32 Å². The van der Waals surface area contributed by atoms with Gasteiger partial charge < -0.3 is 15.4 Å². The Morgan fingerprint density at radius 3 is 2.51 bits per heavy atom. The maximum Gasteiger partial charge on any atom is 0.326 e. The Hall–Kier alpha value is -4.11. The number of anilines is 1. The lowest BCUT2D eigenvalue weighted by molar-refractivity contribution is 0.385. The second-order valence-corrected chi connectivity index (χ2v) is 11.5. The number of aromatic amines is 2. The van der Waals surface area contributed by atoms with Crippen LogP contribution in [0.2, 0.25) is 0 Å². The van der Waals surface area contributed by atoms with Crippen molar-refractivity contribution in [2.24, 2.45) is 4.99 Å². The predicted octanol–water partition coefficient (Wildman–Crippen LogP) is 0.298. The number of hydrogen-bond acceptors (Lipinski definition) is 9. The van der Waals surface area contributed by atoms with Crippen molar-refractivity contribution in [1.29, 1.82) is 0 Å². The summed E-state index contributed by atoms with van der Waals surface area (Å²) in [5.74, 6) is -0.730. The highest BCUT2D eigenvalue weighted by Crippen LogP contribution is 2.24. The molecule has 2 saturated carbocycles. The van der Waals surface area contributed by atoms with Crippen LogP contribution < -0.4 is 26.6 Å². The normalized spacial score (nSPS) is 21.1. The Labute approximate surface area is 221 Å². The zero-order valence-electron chi connectivity index (χ0n) is 20.6. The highest BCUT2D eigenvalue weighted by atomic mass is 32.2. The van der Waals surface area contributed by atoms with Crippen LogP contribution in [-0.4, -0.2) is 61.2 Å². The summed E-state index contributed by atoms with van der Waals surface area (Å²) in [5.41, 5.74) is 0.491. The van der Waals surface area contributed by atoms with Crippen molar-refractivity contribution in [3.05, 3.63) is 63.3 Å². The number of H-pyrrole nitrogens is 2. The fourth-order valence-electron chi connectivity index (χ4n) is 4.63. The number of imidazole rings is 1. The zero-order chi connectivity index (χ0) is 27.1. The van der Waals surface area contributed by atoms with E-state index >= 15 is 0 Å². The predicted molar refractivity (Wildman–Crippen MR) is 138 cm³/mol. The van der Waals surface area contributed by atoms with Gasteiger partial charge in [0, 0.05) is 17.3 Å². The summed E-state index contributed by atoms with van der Waals surface area (Å²) in [7, 11) is -3.97. The van der Waals surface area contributed by atoms with E-state index in [4.69, 9.17) is 0 Å². The molecule has 39 heavy (non-hydrogen) atoms. The van der Waals surface area contributed by atoms with E-state index in [1.54, 1.807) is 12.3 Å². The smallest absolute Gasteiger partial charge is 0.326 e. The number of nitrogens with zero attached hydrogens (tertiary/aromatic N) is 5. The molecule has 3 aromatic heterocycles. The molecule has 13 nitrogen and oxygen atoms in total. The van der Waals surface area contributed by atoms with Gasteiger partial charge in [0.25, 0.3) is 5.62 Å². The summed E-state index contributed by atoms with van der Waals surface area (Å²) in [4.78, 5) is 29.8. The molecule has 0 saturated heterocycles. The molecule has 0 radical (unpaired) electrons. The number of benzene rings is 1. The first-order chi connectivity index (χ1) is 18.7. The van der Waals surface area contributed by atoms with Gasteiger partial charge in [-0.15, -0.1) is 0 Å². The monoisotopic (exact) mass is 555 g/mol. The zero-order valence-corrected chi connectivity index (χ0v) is 21.4. The van der Waals surface area contributed by atoms with Gasteiger partial charge >= 0.3 is 5.69 Å². The highest BCUT2D eigenvalue weighted by Gasteiger charge is 2.28. The Morgan fingerprint density at radius 1 is 1.08 bits per heavy atom. The molecule has 6 rings (SSSR count). The highest BCUT2D eigenvalue weighted by molar-refractivity contribution is 7.89. The fourth-order valence-corrected chi connectivity index (χ4v) is 6.01. The van der Waals surface area contributed by atoms with Crippen LogP contribution in [-0.2, 0) is 10.0 Å². The van der Waals surface area contributed by atoms with E-state index in [1.165, 1.54) is 22.7 Å². The fraction of sp³-hybridized carbons (Fsp3) is 0.375. The molecule has 2 aliphatic rings. The van der Waals surface area contributed by atoms with Gasteiger partial charge in [0.1, 0.15) is 16.4 Å². The van der Waals surface area contributed by atoms with E-state index < -0.39 is 21.5 Å². The molecule has 0 bridgehead atoms. The van der Waals surface area contributed by atoms with Gasteiger partial charge in [-0.2, -0.15) is 19.6 Å². The number of halogens is 1. The molecule has 0 spiro atoms. The van der Waals surface area contributed by atoms with Gasteiger partial charge in [0.15, 0.2) is 5.65 Å². The molecule has 0 unspecified atom stereocenters. The van der Waals surface area contributed by atoms with Crippen LogP contribution in [0, 0.1) is 5.82 Å². The summed E-state index contributed by atoms with van der Waals surface area (Å²) in [6, 6.07) is 5.16. The summed E-state index contributed by atoms with van der Waals surface area (Å²) >= 11 is 0. The van der Waals surface area contributed by atoms with Gasteiger partial charge in [0.2, 0.25) is 21.9 Å². The van der Waals surface area contributed by atoms with Gasteiger partial charge in [-0.3, -0.25) is 4.98 Å². The molecule has 0 amide bonds. The standard InChI is InChI=1S/C24H26FN9O4S/c25-17-3-1-2-4-19(17)39(37,38)33-16-9-7-14(8-10-16)27-22-30-20-13(11-18-21(35)31-24(36)29-18)12-26-34(20)23(32-22)28-15-5-6-15/h1-4,11-12,14-16,33,35H,5-10H2,(H,27,28,32)(H2,29,31,36)/b13-11-. The lowest BCUT2D eigenvalue weighted by Crippen LogP contribution is -2.40. The summed E-state index contributed by atoms with van der Waals surface area (Å²) < 4.78 is 43.5. The molecule has 204 valence electrons. The summed E-state index contributed by atoms with van der Waals surface area (Å²) in [6.45, 7) is 0. The molecule has 15 heteroatoms. The van der Waals surface area contributed by atoms with Crippen LogP contribution in [0.5, 0.6) is 5.88 Å². The quantitative estimate of drug-likeness (QED) is 0.216. The minimum Gasteiger partial charge on any atom is -0.493 e. The largest absolute Gasteiger partial charge is 0.493 e. The molecule has 0 atom stereocenters. The first-order valence-electron chi connectivity index (χ1n) is 12.6. The molecule has 3 heterocycles. The van der Waals surface area contributed by atoms with Crippen molar-refractivity contribution in [3.8, 4) is 5.88 Å². The number of sulfonamides is 1. The number of aromatic hydroxyl groups is 1. The van der Waals surface area contributed by atoms with Crippen molar-refractivity contribution in [3.63, 3.8) is 0 Å². The Kier molecular flexibility index (Phi) is 6.38. The second-order valence-electron chi connectivity index (χ2n) is 9.77. The molecular formula is C24H26FN9O4S. The maximum atomic E-state index is 14.0. The van der Waals surface area contributed by atoms with Gasteiger partial charge in [0.05, 0.1) is 12.2 Å². The lowest BCUT2D eigenvalue weighted by atomic mass is 9.92. The lowest BCUT2D eigenvalue weighted by Gasteiger charge is -2.29. The van der Waals surface area contributed by atoms with E-state index in [0.29, 0.717) is 48.1 Å². The van der Waals surface area contributed by atoms with E-state index in [-0.39, 0.29) is 34.6 Å². The van der Waals surface area contributed by atoms with Gasteiger partial charge in [-0.1, -0.05) is 12.1 Å². The van der Waals surface area contributed by atoms with E-state index in [1.807, 2.05) is 0 Å². The van der Waals surface area contributed by atoms with Crippen molar-refractivity contribution < 1.29 is 17.9 Å². The van der Waals surface area contributed by atoms with E-state index in [9.17, 15) is 22.7 Å². The minimum atomic E-state index is -3.97. The van der Waals surface area contributed by atoms with Crippen LogP contribution in [0.3, 0.4) is 0 Å². The maximum absolute atomic E-state index is 14.0. The third kappa shape index (κ3) is 5.40. The minimum absolute atomic E-state index is 0.0177. The van der Waals surface area contributed by atoms with Crippen molar-refractivity contribution in [1.82, 2.24) is 34.3 Å². The third-order valence-electron chi connectivity index (χ3n) is 6.77. The van der Waals surface area contributed by atoms with Crippen LogP contribution in [0.4, 0.5) is 10.3 Å².